The first-order valence-corrected chi connectivity index (χ1v) is 9.47. The van der Waals surface area contributed by atoms with E-state index in [0.29, 0.717) is 11.5 Å². The molecule has 0 saturated carbocycles. The van der Waals surface area contributed by atoms with Gasteiger partial charge in [0.05, 0.1) is 11.1 Å². The zero-order chi connectivity index (χ0) is 19.8. The van der Waals surface area contributed by atoms with Crippen LogP contribution in [0, 0.1) is 0 Å². The predicted octanol–water partition coefficient (Wildman–Crippen LogP) is 3.68. The third-order valence-electron chi connectivity index (χ3n) is 4.50. The molecule has 0 aliphatic carbocycles. The number of fused-ring (bicyclic) bond motifs is 1. The van der Waals surface area contributed by atoms with Crippen molar-refractivity contribution in [3.8, 4) is 28.2 Å². The van der Waals surface area contributed by atoms with Crippen LogP contribution in [0.2, 0.25) is 0 Å². The Morgan fingerprint density at radius 2 is 1.76 bits per heavy atom. The minimum absolute atomic E-state index is 0.394. The maximum absolute atomic E-state index is 6.17. The van der Waals surface area contributed by atoms with Gasteiger partial charge in [0, 0.05) is 16.2 Å². The third kappa shape index (κ3) is 3.21. The smallest absolute Gasteiger partial charge is 0.165 e. The molecular formula is C20H13BrN8. The summed E-state index contributed by atoms with van der Waals surface area (Å²) < 4.78 is 2.70. The first-order chi connectivity index (χ1) is 14.2. The van der Waals surface area contributed by atoms with Crippen LogP contribution in [-0.2, 0) is 0 Å². The molecule has 4 heterocycles. The van der Waals surface area contributed by atoms with Crippen LogP contribution in [0.25, 0.3) is 39.2 Å². The fourth-order valence-corrected chi connectivity index (χ4v) is 3.53. The lowest BCUT2D eigenvalue weighted by molar-refractivity contribution is 0.991. The maximum atomic E-state index is 6.17. The molecule has 1 aromatic carbocycles. The first kappa shape index (κ1) is 17.4. The van der Waals surface area contributed by atoms with Crippen molar-refractivity contribution >= 4 is 32.8 Å². The number of nitrogen functional groups attached to an aromatic ring is 1. The summed E-state index contributed by atoms with van der Waals surface area (Å²) in [5, 5.41) is 8.33. The van der Waals surface area contributed by atoms with Gasteiger partial charge in [0.15, 0.2) is 5.65 Å². The van der Waals surface area contributed by atoms with Gasteiger partial charge < -0.3 is 5.73 Å². The summed E-state index contributed by atoms with van der Waals surface area (Å²) in [6.07, 6.45) is 6.38. The van der Waals surface area contributed by atoms with Gasteiger partial charge in [-0.15, -0.1) is 10.2 Å². The van der Waals surface area contributed by atoms with E-state index < -0.39 is 0 Å². The molecule has 0 amide bonds. The van der Waals surface area contributed by atoms with Crippen LogP contribution < -0.4 is 5.73 Å². The summed E-state index contributed by atoms with van der Waals surface area (Å²) in [7, 11) is 0. The van der Waals surface area contributed by atoms with E-state index in [2.05, 4.69) is 41.1 Å². The Balaban J connectivity index is 1.69. The molecule has 5 aromatic rings. The molecule has 0 aliphatic rings. The van der Waals surface area contributed by atoms with E-state index in [1.165, 1.54) is 6.33 Å². The number of rotatable bonds is 3. The second-order valence-electron chi connectivity index (χ2n) is 6.30. The minimum Gasteiger partial charge on any atom is -0.383 e. The average Bonchev–Trinajstić information content (AvgIpc) is 3.28. The summed E-state index contributed by atoms with van der Waals surface area (Å²) in [6.45, 7) is 0. The number of pyridine rings is 2. The van der Waals surface area contributed by atoms with E-state index in [9.17, 15) is 0 Å². The highest BCUT2D eigenvalue weighted by molar-refractivity contribution is 9.10. The topological polar surface area (TPSA) is 108 Å². The number of halogens is 1. The molecule has 29 heavy (non-hydrogen) atoms. The van der Waals surface area contributed by atoms with Crippen LogP contribution in [0.5, 0.6) is 0 Å². The summed E-state index contributed by atoms with van der Waals surface area (Å²) in [5.74, 6) is 1.11. The molecule has 0 bridgehead atoms. The molecule has 0 atom stereocenters. The van der Waals surface area contributed by atoms with Crippen molar-refractivity contribution in [2.24, 2.45) is 0 Å². The Labute approximate surface area is 173 Å². The summed E-state index contributed by atoms with van der Waals surface area (Å²) in [6, 6.07) is 13.8. The molecule has 0 saturated heterocycles. The molecule has 2 N–H and O–H groups in total. The van der Waals surface area contributed by atoms with Crippen molar-refractivity contribution in [2.45, 2.75) is 0 Å². The second-order valence-corrected chi connectivity index (χ2v) is 7.21. The number of benzene rings is 1. The van der Waals surface area contributed by atoms with Crippen LogP contribution >= 0.6 is 15.9 Å². The minimum atomic E-state index is 0.394. The molecule has 140 valence electrons. The highest BCUT2D eigenvalue weighted by Gasteiger charge is 2.14. The average molecular weight is 445 g/mol. The molecule has 0 spiro atoms. The number of hydrogen-bond donors (Lipinski definition) is 1. The number of nitrogens with zero attached hydrogens (tertiary/aromatic N) is 7. The van der Waals surface area contributed by atoms with E-state index in [1.807, 2.05) is 42.5 Å². The van der Waals surface area contributed by atoms with Crippen molar-refractivity contribution in [3.63, 3.8) is 0 Å². The fraction of sp³-hybridized carbons (Fsp3) is 0. The van der Waals surface area contributed by atoms with Crippen LogP contribution in [0.4, 0.5) is 5.82 Å². The second kappa shape index (κ2) is 7.02. The monoisotopic (exact) mass is 444 g/mol. The van der Waals surface area contributed by atoms with Gasteiger partial charge in [-0.2, -0.15) is 0 Å². The standard InChI is InChI=1S/C20H13BrN8/c21-14-3-1-2-12(6-14)15-7-16(28-20-18(15)19(22)24-9-25-20)13-4-5-17(23-8-13)29-10-26-27-11-29/h1-11H,(H2,22,24,25,28). The molecule has 0 fully saturated rings. The molecular weight excluding hydrogens is 432 g/mol. The van der Waals surface area contributed by atoms with Gasteiger partial charge in [-0.1, -0.05) is 28.1 Å². The van der Waals surface area contributed by atoms with Crippen molar-refractivity contribution in [1.82, 2.24) is 34.7 Å². The summed E-state index contributed by atoms with van der Waals surface area (Å²) in [4.78, 5) is 17.7. The zero-order valence-electron chi connectivity index (χ0n) is 14.9. The SMILES string of the molecule is Nc1ncnc2nc(-c3ccc(-n4cnnc4)nc3)cc(-c3cccc(Br)c3)c12. The van der Waals surface area contributed by atoms with Crippen LogP contribution in [-0.4, -0.2) is 34.7 Å². The molecule has 9 heteroatoms. The lowest BCUT2D eigenvalue weighted by Gasteiger charge is -2.11. The predicted molar refractivity (Wildman–Crippen MR) is 113 cm³/mol. The summed E-state index contributed by atoms with van der Waals surface area (Å²) >= 11 is 3.53. The molecule has 0 aliphatic heterocycles. The quantitative estimate of drug-likeness (QED) is 0.451. The van der Waals surface area contributed by atoms with Crippen molar-refractivity contribution < 1.29 is 0 Å². The lowest BCUT2D eigenvalue weighted by atomic mass is 10.0. The van der Waals surface area contributed by atoms with Gasteiger partial charge in [-0.3, -0.25) is 4.57 Å². The van der Waals surface area contributed by atoms with Crippen LogP contribution in [0.3, 0.4) is 0 Å². The number of hydrogen-bond acceptors (Lipinski definition) is 7. The Morgan fingerprint density at radius 1 is 0.897 bits per heavy atom. The van der Waals surface area contributed by atoms with Crippen LogP contribution in [0.1, 0.15) is 0 Å². The van der Waals surface area contributed by atoms with Gasteiger partial charge in [-0.25, -0.2) is 19.9 Å². The van der Waals surface area contributed by atoms with Crippen LogP contribution in [0.15, 0.2) is 72.1 Å². The van der Waals surface area contributed by atoms with E-state index in [1.54, 1.807) is 23.4 Å². The Hall–Kier alpha value is -3.72. The van der Waals surface area contributed by atoms with Crippen molar-refractivity contribution in [1.29, 1.82) is 0 Å². The Morgan fingerprint density at radius 3 is 2.52 bits per heavy atom. The lowest BCUT2D eigenvalue weighted by Crippen LogP contribution is -1.99. The first-order valence-electron chi connectivity index (χ1n) is 8.67. The largest absolute Gasteiger partial charge is 0.383 e. The van der Waals surface area contributed by atoms with Gasteiger partial charge in [0.1, 0.15) is 30.6 Å². The molecule has 5 rings (SSSR count). The molecule has 8 nitrogen and oxygen atoms in total. The van der Waals surface area contributed by atoms with E-state index in [0.717, 1.165) is 38.1 Å². The highest BCUT2D eigenvalue weighted by Crippen LogP contribution is 2.34. The molecule has 0 radical (unpaired) electrons. The maximum Gasteiger partial charge on any atom is 0.165 e. The van der Waals surface area contributed by atoms with Gasteiger partial charge in [-0.05, 0) is 41.5 Å². The molecule has 0 unspecified atom stereocenters. The van der Waals surface area contributed by atoms with Gasteiger partial charge in [0.2, 0.25) is 0 Å². The van der Waals surface area contributed by atoms with Crippen molar-refractivity contribution in [2.75, 3.05) is 5.73 Å². The Bertz CT molecular complexity index is 1320. The third-order valence-corrected chi connectivity index (χ3v) is 4.99. The van der Waals surface area contributed by atoms with Crippen molar-refractivity contribution in [3.05, 3.63) is 72.1 Å². The fourth-order valence-electron chi connectivity index (χ4n) is 3.13. The zero-order valence-corrected chi connectivity index (χ0v) is 16.5. The van der Waals surface area contributed by atoms with E-state index >= 15 is 0 Å². The van der Waals surface area contributed by atoms with Gasteiger partial charge in [0.25, 0.3) is 0 Å². The summed E-state index contributed by atoms with van der Waals surface area (Å²) in [5.41, 5.74) is 10.2. The Kier molecular flexibility index (Phi) is 4.21. The number of nitrogens with two attached hydrogens (primary N) is 1. The highest BCUT2D eigenvalue weighted by atomic mass is 79.9. The normalized spacial score (nSPS) is 11.1. The number of aromatic nitrogens is 7. The van der Waals surface area contributed by atoms with E-state index in [4.69, 9.17) is 10.7 Å². The number of anilines is 1. The van der Waals surface area contributed by atoms with Gasteiger partial charge >= 0.3 is 0 Å². The van der Waals surface area contributed by atoms with E-state index in [-0.39, 0.29) is 0 Å². The molecule has 4 aromatic heterocycles.